The van der Waals surface area contributed by atoms with Crippen molar-refractivity contribution in [1.29, 1.82) is 0 Å². The minimum Gasteiger partial charge on any atom is -0.377 e. The van der Waals surface area contributed by atoms with E-state index in [0.717, 1.165) is 10.9 Å². The fourth-order valence-electron chi connectivity index (χ4n) is 0.965. The van der Waals surface area contributed by atoms with Crippen molar-refractivity contribution < 1.29 is 9.13 Å². The van der Waals surface area contributed by atoms with Crippen LogP contribution in [0.4, 0.5) is 4.39 Å². The number of ether oxygens (including phenoxy) is 1. The zero-order chi connectivity index (χ0) is 9.68. The lowest BCUT2D eigenvalue weighted by atomic mass is 10.2. The van der Waals surface area contributed by atoms with E-state index in [4.69, 9.17) is 4.74 Å². The SMILES string of the molecule is CCCOCc1ccc(Br)cc1F. The predicted molar refractivity (Wildman–Crippen MR) is 54.0 cm³/mol. The molecule has 0 amide bonds. The predicted octanol–water partition coefficient (Wildman–Crippen LogP) is 3.51. The molecule has 0 fully saturated rings. The van der Waals surface area contributed by atoms with Gasteiger partial charge in [0.25, 0.3) is 0 Å². The Kier molecular flexibility index (Phi) is 4.39. The minimum atomic E-state index is -0.217. The molecule has 0 aliphatic heterocycles. The summed E-state index contributed by atoms with van der Waals surface area (Å²) in [6.45, 7) is 3.06. The molecule has 0 aromatic heterocycles. The Hall–Kier alpha value is -0.410. The Morgan fingerprint density at radius 1 is 1.46 bits per heavy atom. The highest BCUT2D eigenvalue weighted by Gasteiger charge is 2.01. The monoisotopic (exact) mass is 246 g/mol. The van der Waals surface area contributed by atoms with E-state index < -0.39 is 0 Å². The summed E-state index contributed by atoms with van der Waals surface area (Å²) in [4.78, 5) is 0. The van der Waals surface area contributed by atoms with Crippen molar-refractivity contribution in [2.75, 3.05) is 6.61 Å². The first-order valence-electron chi connectivity index (χ1n) is 4.25. The normalized spacial score (nSPS) is 10.4. The summed E-state index contributed by atoms with van der Waals surface area (Å²) in [5.74, 6) is -0.217. The lowest BCUT2D eigenvalue weighted by molar-refractivity contribution is 0.119. The second kappa shape index (κ2) is 5.35. The highest BCUT2D eigenvalue weighted by molar-refractivity contribution is 9.10. The molecule has 1 rings (SSSR count). The standard InChI is InChI=1S/C10H12BrFO/c1-2-5-13-7-8-3-4-9(11)6-10(8)12/h3-4,6H,2,5,7H2,1H3. The highest BCUT2D eigenvalue weighted by Crippen LogP contribution is 2.15. The van der Waals surface area contributed by atoms with Gasteiger partial charge in [-0.05, 0) is 18.6 Å². The maximum Gasteiger partial charge on any atom is 0.129 e. The Labute approximate surface area is 86.0 Å². The van der Waals surface area contributed by atoms with Crippen LogP contribution >= 0.6 is 15.9 Å². The molecule has 0 bridgehead atoms. The lowest BCUT2D eigenvalue weighted by Gasteiger charge is -2.04. The molecule has 0 atom stereocenters. The summed E-state index contributed by atoms with van der Waals surface area (Å²) < 4.78 is 19.2. The summed E-state index contributed by atoms with van der Waals surface area (Å²) >= 11 is 3.20. The van der Waals surface area contributed by atoms with Crippen molar-refractivity contribution in [2.45, 2.75) is 20.0 Å². The Morgan fingerprint density at radius 3 is 2.85 bits per heavy atom. The molecule has 1 aromatic rings. The fraction of sp³-hybridized carbons (Fsp3) is 0.400. The van der Waals surface area contributed by atoms with E-state index in [1.54, 1.807) is 6.07 Å². The third-order valence-corrected chi connectivity index (χ3v) is 2.11. The van der Waals surface area contributed by atoms with Gasteiger partial charge < -0.3 is 4.74 Å². The topological polar surface area (TPSA) is 9.23 Å². The smallest absolute Gasteiger partial charge is 0.129 e. The van der Waals surface area contributed by atoms with Gasteiger partial charge in [-0.25, -0.2) is 4.39 Å². The second-order valence-electron chi connectivity index (χ2n) is 2.79. The summed E-state index contributed by atoms with van der Waals surface area (Å²) in [7, 11) is 0. The van der Waals surface area contributed by atoms with E-state index >= 15 is 0 Å². The van der Waals surface area contributed by atoms with Crippen molar-refractivity contribution in [3.05, 3.63) is 34.1 Å². The van der Waals surface area contributed by atoms with Crippen LogP contribution in [0.2, 0.25) is 0 Å². The zero-order valence-electron chi connectivity index (χ0n) is 7.52. The minimum absolute atomic E-state index is 0.217. The molecule has 1 nitrogen and oxygen atoms in total. The van der Waals surface area contributed by atoms with Gasteiger partial charge in [-0.15, -0.1) is 0 Å². The van der Waals surface area contributed by atoms with Crippen LogP contribution in [0, 0.1) is 5.82 Å². The molecule has 0 saturated heterocycles. The van der Waals surface area contributed by atoms with Crippen LogP contribution in [0.1, 0.15) is 18.9 Å². The van der Waals surface area contributed by atoms with Crippen molar-refractivity contribution >= 4 is 15.9 Å². The Bertz CT molecular complexity index is 276. The van der Waals surface area contributed by atoms with Gasteiger partial charge in [-0.3, -0.25) is 0 Å². The van der Waals surface area contributed by atoms with Crippen LogP contribution in [-0.2, 0) is 11.3 Å². The van der Waals surface area contributed by atoms with Crippen LogP contribution < -0.4 is 0 Å². The van der Waals surface area contributed by atoms with Gasteiger partial charge in [-0.2, -0.15) is 0 Å². The number of rotatable bonds is 4. The number of halogens is 2. The third-order valence-electron chi connectivity index (χ3n) is 1.62. The molecule has 0 heterocycles. The maximum atomic E-state index is 13.2. The molecule has 0 spiro atoms. The van der Waals surface area contributed by atoms with E-state index in [2.05, 4.69) is 15.9 Å². The Balaban J connectivity index is 2.56. The van der Waals surface area contributed by atoms with Crippen LogP contribution in [0.3, 0.4) is 0 Å². The first-order valence-corrected chi connectivity index (χ1v) is 5.05. The lowest BCUT2D eigenvalue weighted by Crippen LogP contribution is -1.96. The summed E-state index contributed by atoms with van der Waals surface area (Å²) in [6, 6.07) is 4.99. The van der Waals surface area contributed by atoms with Crippen molar-refractivity contribution in [1.82, 2.24) is 0 Å². The molecular formula is C10H12BrFO. The molecule has 0 N–H and O–H groups in total. The molecular weight excluding hydrogens is 235 g/mol. The van der Waals surface area contributed by atoms with E-state index in [9.17, 15) is 4.39 Å². The average Bonchev–Trinajstić information content (AvgIpc) is 2.09. The Morgan fingerprint density at radius 2 is 2.23 bits per heavy atom. The molecule has 1 aromatic carbocycles. The molecule has 0 unspecified atom stereocenters. The summed E-state index contributed by atoms with van der Waals surface area (Å²) in [6.07, 6.45) is 0.956. The largest absolute Gasteiger partial charge is 0.377 e. The molecule has 0 aliphatic carbocycles. The van der Waals surface area contributed by atoms with E-state index in [1.165, 1.54) is 6.07 Å². The summed E-state index contributed by atoms with van der Waals surface area (Å²) in [5.41, 5.74) is 0.608. The zero-order valence-corrected chi connectivity index (χ0v) is 9.10. The number of hydrogen-bond acceptors (Lipinski definition) is 1. The quantitative estimate of drug-likeness (QED) is 0.739. The van der Waals surface area contributed by atoms with Crippen LogP contribution in [0.25, 0.3) is 0 Å². The summed E-state index contributed by atoms with van der Waals surface area (Å²) in [5, 5.41) is 0. The molecule has 3 heteroatoms. The number of benzene rings is 1. The van der Waals surface area contributed by atoms with Crippen molar-refractivity contribution in [2.24, 2.45) is 0 Å². The van der Waals surface area contributed by atoms with Gasteiger partial charge in [0.2, 0.25) is 0 Å². The molecule has 13 heavy (non-hydrogen) atoms. The molecule has 0 radical (unpaired) electrons. The van der Waals surface area contributed by atoms with E-state index in [0.29, 0.717) is 18.8 Å². The molecule has 0 aliphatic rings. The van der Waals surface area contributed by atoms with Crippen LogP contribution in [-0.4, -0.2) is 6.61 Å². The van der Waals surface area contributed by atoms with Crippen molar-refractivity contribution in [3.8, 4) is 0 Å². The van der Waals surface area contributed by atoms with Crippen molar-refractivity contribution in [3.63, 3.8) is 0 Å². The second-order valence-corrected chi connectivity index (χ2v) is 3.70. The average molecular weight is 247 g/mol. The van der Waals surface area contributed by atoms with Gasteiger partial charge in [0.15, 0.2) is 0 Å². The van der Waals surface area contributed by atoms with Gasteiger partial charge >= 0.3 is 0 Å². The first kappa shape index (κ1) is 10.7. The third kappa shape index (κ3) is 3.44. The first-order chi connectivity index (χ1) is 6.24. The maximum absolute atomic E-state index is 13.2. The van der Waals surface area contributed by atoms with Gasteiger partial charge in [0.05, 0.1) is 6.61 Å². The molecule has 72 valence electrons. The van der Waals surface area contributed by atoms with Crippen LogP contribution in [0.15, 0.2) is 22.7 Å². The van der Waals surface area contributed by atoms with Gasteiger partial charge in [0, 0.05) is 16.6 Å². The van der Waals surface area contributed by atoms with Gasteiger partial charge in [0.1, 0.15) is 5.82 Å². The molecule has 0 saturated carbocycles. The van der Waals surface area contributed by atoms with E-state index in [1.807, 2.05) is 13.0 Å². The highest BCUT2D eigenvalue weighted by atomic mass is 79.9. The van der Waals surface area contributed by atoms with Gasteiger partial charge in [-0.1, -0.05) is 28.9 Å². The fourth-order valence-corrected chi connectivity index (χ4v) is 1.30. The van der Waals surface area contributed by atoms with Crippen LogP contribution in [0.5, 0.6) is 0 Å². The van der Waals surface area contributed by atoms with E-state index in [-0.39, 0.29) is 5.82 Å². The number of hydrogen-bond donors (Lipinski definition) is 0.